The monoisotopic (exact) mass is 1010 g/mol. The molecule has 4 fully saturated rings. The first kappa shape index (κ1) is 57.8. The van der Waals surface area contributed by atoms with Gasteiger partial charge in [-0.3, -0.25) is 19.3 Å². The second-order valence-electron chi connectivity index (χ2n) is 24.1. The van der Waals surface area contributed by atoms with Gasteiger partial charge >= 0.3 is 5.97 Å². The molecule has 0 spiro atoms. The summed E-state index contributed by atoms with van der Waals surface area (Å²) in [6, 6.07) is -1.14. The zero-order valence-corrected chi connectivity index (χ0v) is 44.4. The quantitative estimate of drug-likeness (QED) is 0.122. The SMILES string of the molecule is CC[C@H]1OC(=O)[C@H](C)C(O)[C@H](C)C(O[C@@H]2O[C@H](C)C[C@@H](N(C)C)[C@H]2O)[C@](C)(O)C[C@@H](C)CN(CCCNC(=O)[C@@]2(O)[C@H](C)CC3C4CC(F)=C5CC(=O)C=C[C@]5(C)[C@@]4(F)[C@@H](O)C[C@@]32C)[C@H](C)[C@@H](O)[C@]1(C)O. The van der Waals surface area contributed by atoms with Gasteiger partial charge < -0.3 is 60.2 Å². The largest absolute Gasteiger partial charge is 0.459 e. The number of carbonyl (C=O) groups is 3. The first-order chi connectivity index (χ1) is 32.8. The van der Waals surface area contributed by atoms with Crippen LogP contribution in [0.1, 0.15) is 128 Å². The van der Waals surface area contributed by atoms with E-state index in [1.54, 1.807) is 41.5 Å². The maximum Gasteiger partial charge on any atom is 0.311 e. The second-order valence-corrected chi connectivity index (χ2v) is 24.1. The third-order valence-corrected chi connectivity index (χ3v) is 18.8. The molecule has 8 N–H and O–H groups in total. The molecule has 16 nitrogen and oxygen atoms in total. The highest BCUT2D eigenvalue weighted by molar-refractivity contribution is 5.93. The fourth-order valence-corrected chi connectivity index (χ4v) is 14.5. The zero-order chi connectivity index (χ0) is 53.3. The van der Waals surface area contributed by atoms with E-state index < -0.39 is 130 Å². The number of esters is 1. The first-order valence-electron chi connectivity index (χ1n) is 26.1. The number of rotatable bonds is 9. The van der Waals surface area contributed by atoms with Crippen molar-refractivity contribution in [1.82, 2.24) is 15.1 Å². The standard InChI is InChI=1S/C53H87F2N3O13/c1-14-40-51(11,67)43(63)32(7)58(26-27(2)24-50(10,66)44(30(5)41(61)31(6)45(64)70-40)71-46-42(62)38(57(12)13)21-29(4)69-46)19-15-18-56-47(65)53(68)28(3)20-34-35-23-37(54)36-22-33(59)16-17-48(36,8)52(35,55)39(60)25-49(34,53)9/h16-17,27-32,34-35,38-44,46,60-63,66-68H,14-15,18-26H2,1-13H3,(H,56,65)/t27-,28-,29-,30+,31-,32-,34?,35?,38-,39+,40-,41?,42-,43-,44?,46+,48+,49+,50-,51-,52+,53+/m1/s1. The summed E-state index contributed by atoms with van der Waals surface area (Å²) in [5.74, 6) is -7.45. The van der Waals surface area contributed by atoms with Crippen molar-refractivity contribution in [2.24, 2.45) is 46.3 Å². The number of alkyl halides is 1. The van der Waals surface area contributed by atoms with Crippen LogP contribution in [0.25, 0.3) is 0 Å². The molecule has 4 unspecified atom stereocenters. The molecule has 6 aliphatic rings. The number of cyclic esters (lactones) is 1. The van der Waals surface area contributed by atoms with Crippen molar-refractivity contribution in [3.63, 3.8) is 0 Å². The Bertz CT molecular complexity index is 2020. The fourth-order valence-electron chi connectivity index (χ4n) is 14.5. The molecule has 2 saturated heterocycles. The van der Waals surface area contributed by atoms with Crippen molar-refractivity contribution in [2.45, 2.75) is 211 Å². The molecule has 18 heteroatoms. The van der Waals surface area contributed by atoms with E-state index in [4.69, 9.17) is 14.2 Å². The van der Waals surface area contributed by atoms with Gasteiger partial charge in [0.1, 0.15) is 29.7 Å². The molecule has 0 aromatic heterocycles. The molecule has 0 radical (unpaired) electrons. The van der Waals surface area contributed by atoms with E-state index in [9.17, 15) is 50.1 Å². The molecule has 0 bridgehead atoms. The van der Waals surface area contributed by atoms with E-state index in [1.807, 2.05) is 37.7 Å². The number of halogens is 2. The van der Waals surface area contributed by atoms with Gasteiger partial charge in [-0.1, -0.05) is 40.7 Å². The summed E-state index contributed by atoms with van der Waals surface area (Å²) in [6.07, 6.45) is -6.80. The average molecular weight is 1010 g/mol. The van der Waals surface area contributed by atoms with Crippen LogP contribution in [0.3, 0.4) is 0 Å². The highest BCUT2D eigenvalue weighted by Crippen LogP contribution is 2.71. The van der Waals surface area contributed by atoms with E-state index in [1.165, 1.54) is 32.9 Å². The van der Waals surface area contributed by atoms with Crippen LogP contribution in [0.15, 0.2) is 23.6 Å². The van der Waals surface area contributed by atoms with Crippen molar-refractivity contribution < 1.29 is 73.1 Å². The molecule has 2 aliphatic heterocycles. The number of nitrogens with zero attached hydrogens (tertiary/aromatic N) is 2. The number of allylic oxidation sites excluding steroid dienone is 4. The number of hydrogen-bond acceptors (Lipinski definition) is 15. The minimum atomic E-state index is -2.36. The summed E-state index contributed by atoms with van der Waals surface area (Å²) in [6.45, 7) is 18.6. The van der Waals surface area contributed by atoms with Crippen molar-refractivity contribution in [1.29, 1.82) is 0 Å². The summed E-state index contributed by atoms with van der Waals surface area (Å²) in [4.78, 5) is 44.4. The lowest BCUT2D eigenvalue weighted by Crippen LogP contribution is -2.70. The van der Waals surface area contributed by atoms with Gasteiger partial charge in [0.25, 0.3) is 5.91 Å². The zero-order valence-electron chi connectivity index (χ0n) is 44.4. The summed E-state index contributed by atoms with van der Waals surface area (Å²) in [5.41, 5.74) is -11.1. The maximum atomic E-state index is 17.8. The van der Waals surface area contributed by atoms with Crippen molar-refractivity contribution in [2.75, 3.05) is 33.7 Å². The van der Waals surface area contributed by atoms with Gasteiger partial charge in [-0.25, -0.2) is 8.78 Å². The Labute approximate surface area is 419 Å². The smallest absolute Gasteiger partial charge is 0.311 e. The Kier molecular flexibility index (Phi) is 17.0. The number of aliphatic hydroxyl groups excluding tert-OH is 4. The normalized spacial score (nSPS) is 49.3. The molecule has 71 heavy (non-hydrogen) atoms. The van der Waals surface area contributed by atoms with Crippen LogP contribution >= 0.6 is 0 Å². The molecule has 4 aliphatic carbocycles. The first-order valence-corrected chi connectivity index (χ1v) is 26.1. The van der Waals surface area contributed by atoms with Crippen LogP contribution in [0.2, 0.25) is 0 Å². The molecule has 0 aromatic rings. The second kappa shape index (κ2) is 20.9. The highest BCUT2D eigenvalue weighted by Gasteiger charge is 2.76. The van der Waals surface area contributed by atoms with Gasteiger partial charge in [-0.15, -0.1) is 0 Å². The van der Waals surface area contributed by atoms with E-state index in [0.29, 0.717) is 6.42 Å². The Hall–Kier alpha value is -2.49. The molecular formula is C53H87F2N3O13. The van der Waals surface area contributed by atoms with Crippen molar-refractivity contribution in [3.05, 3.63) is 23.6 Å². The van der Waals surface area contributed by atoms with Crippen molar-refractivity contribution >= 4 is 17.7 Å². The van der Waals surface area contributed by atoms with Crippen LogP contribution < -0.4 is 5.32 Å². The Morgan fingerprint density at radius 2 is 1.61 bits per heavy atom. The maximum absolute atomic E-state index is 17.8. The Balaban J connectivity index is 1.23. The molecule has 2 saturated carbocycles. The molecule has 406 valence electrons. The number of fused-ring (bicyclic) bond motifs is 5. The molecule has 6 rings (SSSR count). The predicted octanol–water partition coefficient (Wildman–Crippen LogP) is 3.50. The van der Waals surface area contributed by atoms with E-state index in [2.05, 4.69) is 5.32 Å². The Morgan fingerprint density at radius 3 is 2.23 bits per heavy atom. The number of ether oxygens (including phenoxy) is 3. The number of aliphatic hydroxyl groups is 7. The van der Waals surface area contributed by atoms with Gasteiger partial charge in [0.15, 0.2) is 23.3 Å². The number of amides is 1. The van der Waals surface area contributed by atoms with Crippen LogP contribution in [-0.2, 0) is 28.6 Å². The lowest BCUT2D eigenvalue weighted by Gasteiger charge is -2.62. The van der Waals surface area contributed by atoms with Crippen molar-refractivity contribution in [3.8, 4) is 0 Å². The lowest BCUT2D eigenvalue weighted by molar-refractivity contribution is -0.299. The summed E-state index contributed by atoms with van der Waals surface area (Å²) >= 11 is 0. The van der Waals surface area contributed by atoms with Gasteiger partial charge in [0.05, 0.1) is 35.9 Å². The van der Waals surface area contributed by atoms with Crippen LogP contribution in [-0.4, -0.2) is 181 Å². The summed E-state index contributed by atoms with van der Waals surface area (Å²) in [5, 5.41) is 87.1. The molecule has 0 aromatic carbocycles. The predicted molar refractivity (Wildman–Crippen MR) is 259 cm³/mol. The molecule has 2 heterocycles. The van der Waals surface area contributed by atoms with Gasteiger partial charge in [-0.05, 0) is 124 Å². The Morgan fingerprint density at radius 1 is 0.958 bits per heavy atom. The number of carbonyl (C=O) groups excluding carboxylic acids is 3. The van der Waals surface area contributed by atoms with Crippen LogP contribution in [0, 0.1) is 46.3 Å². The molecule has 22 atom stereocenters. The van der Waals surface area contributed by atoms with Crippen LogP contribution in [0.5, 0.6) is 0 Å². The number of ketones is 1. The third kappa shape index (κ3) is 9.97. The average Bonchev–Trinajstić information content (AvgIpc) is 3.49. The van der Waals surface area contributed by atoms with Gasteiger partial charge in [0.2, 0.25) is 0 Å². The lowest BCUT2D eigenvalue weighted by atomic mass is 9.45. The number of nitrogens with one attached hydrogen (secondary N) is 1. The van der Waals surface area contributed by atoms with Crippen LogP contribution in [0.4, 0.5) is 8.78 Å². The molecule has 1 amide bonds. The van der Waals surface area contributed by atoms with E-state index in [0.717, 1.165) is 0 Å². The topological polar surface area (TPSA) is 239 Å². The minimum Gasteiger partial charge on any atom is -0.459 e. The highest BCUT2D eigenvalue weighted by atomic mass is 19.1. The van der Waals surface area contributed by atoms with Gasteiger partial charge in [-0.2, -0.15) is 0 Å². The summed E-state index contributed by atoms with van der Waals surface area (Å²) < 4.78 is 52.3. The van der Waals surface area contributed by atoms with E-state index in [-0.39, 0.29) is 94.0 Å². The van der Waals surface area contributed by atoms with E-state index >= 15 is 8.78 Å². The number of likely N-dealkylation sites (N-methyl/N-ethyl adjacent to an activating group) is 1. The minimum absolute atomic E-state index is 0.0293. The fraction of sp³-hybridized carbons (Fsp3) is 0.868. The van der Waals surface area contributed by atoms with Gasteiger partial charge in [0, 0.05) is 67.2 Å². The summed E-state index contributed by atoms with van der Waals surface area (Å²) in [7, 11) is 3.68. The number of hydrogen-bond donors (Lipinski definition) is 8. The molecular weight excluding hydrogens is 925 g/mol. The third-order valence-electron chi connectivity index (χ3n) is 18.8.